The van der Waals surface area contributed by atoms with Gasteiger partial charge >= 0.3 is 11.9 Å². The third-order valence-corrected chi connectivity index (χ3v) is 7.20. The van der Waals surface area contributed by atoms with Gasteiger partial charge in [-0.25, -0.2) is 4.79 Å². The molecule has 0 radical (unpaired) electrons. The Hall–Kier alpha value is -3.84. The van der Waals surface area contributed by atoms with Gasteiger partial charge in [-0.15, -0.1) is 0 Å². The van der Waals surface area contributed by atoms with Crippen molar-refractivity contribution in [1.82, 2.24) is 0 Å². The van der Waals surface area contributed by atoms with Crippen LogP contribution in [0.15, 0.2) is 72.8 Å². The quantitative estimate of drug-likeness (QED) is 0.0997. The zero-order valence-corrected chi connectivity index (χ0v) is 27.3. The molecule has 0 spiro atoms. The van der Waals surface area contributed by atoms with E-state index in [4.69, 9.17) is 23.7 Å². The predicted molar refractivity (Wildman–Crippen MR) is 173 cm³/mol. The molecular formula is C37H48O7. The Morgan fingerprint density at radius 2 is 1.18 bits per heavy atom. The molecule has 7 nitrogen and oxygen atoms in total. The molecule has 0 aliphatic carbocycles. The Labute approximate surface area is 262 Å². The summed E-state index contributed by atoms with van der Waals surface area (Å²) in [6.07, 6.45) is 2.56. The molecule has 0 amide bonds. The summed E-state index contributed by atoms with van der Waals surface area (Å²) in [6, 6.07) is 22.4. The molecule has 0 N–H and O–H groups in total. The lowest BCUT2D eigenvalue weighted by Crippen LogP contribution is -2.34. The van der Waals surface area contributed by atoms with E-state index in [-0.39, 0.29) is 29.3 Å². The van der Waals surface area contributed by atoms with Crippen molar-refractivity contribution in [2.45, 2.75) is 60.8 Å². The van der Waals surface area contributed by atoms with Gasteiger partial charge in [0.25, 0.3) is 0 Å². The highest BCUT2D eigenvalue weighted by molar-refractivity contribution is 5.91. The van der Waals surface area contributed by atoms with E-state index < -0.39 is 5.97 Å². The van der Waals surface area contributed by atoms with Gasteiger partial charge in [0.2, 0.25) is 0 Å². The van der Waals surface area contributed by atoms with Crippen molar-refractivity contribution in [3.8, 4) is 17.2 Å². The number of rotatable bonds is 15. The number of carbonyl (C=O) groups is 2. The maximum absolute atomic E-state index is 12.7. The molecule has 1 atom stereocenters. The smallest absolute Gasteiger partial charge is 0.343 e. The molecule has 3 rings (SSSR count). The fraction of sp³-hybridized carbons (Fsp3) is 0.459. The Morgan fingerprint density at radius 1 is 0.659 bits per heavy atom. The van der Waals surface area contributed by atoms with Crippen LogP contribution in [0.3, 0.4) is 0 Å². The highest BCUT2D eigenvalue weighted by Crippen LogP contribution is 2.36. The van der Waals surface area contributed by atoms with Crippen molar-refractivity contribution in [3.63, 3.8) is 0 Å². The Morgan fingerprint density at radius 3 is 1.70 bits per heavy atom. The molecule has 0 saturated carbocycles. The molecule has 3 aromatic carbocycles. The highest BCUT2D eigenvalue weighted by atomic mass is 16.6. The average Bonchev–Trinajstić information content (AvgIpc) is 2.98. The molecule has 0 saturated heterocycles. The van der Waals surface area contributed by atoms with Gasteiger partial charge < -0.3 is 23.7 Å². The van der Waals surface area contributed by atoms with Crippen LogP contribution < -0.4 is 14.2 Å². The fourth-order valence-electron chi connectivity index (χ4n) is 4.64. The van der Waals surface area contributed by atoms with Crippen LogP contribution in [-0.4, -0.2) is 45.5 Å². The molecule has 3 aromatic rings. The average molecular weight is 605 g/mol. The molecule has 7 heteroatoms. The van der Waals surface area contributed by atoms with Gasteiger partial charge in [-0.3, -0.25) is 4.79 Å². The Kier molecular flexibility index (Phi) is 12.8. The predicted octanol–water partition coefficient (Wildman–Crippen LogP) is 7.74. The standard InChI is InChI=1S/C37H48O7/c1-36(2,3)26-33(37(4,5)6)35(39)43-25-23-41-22-24-42-31-20-14-29(15-21-31)34(38)44-32-18-12-28(13-19-32)9-8-27-10-16-30(40-7)17-11-27/h10-21,33H,8-9,22-26H2,1-7H3. The maximum atomic E-state index is 12.7. The minimum absolute atomic E-state index is 0.0369. The highest BCUT2D eigenvalue weighted by Gasteiger charge is 2.35. The Bertz CT molecular complexity index is 1300. The first-order valence-electron chi connectivity index (χ1n) is 15.3. The molecule has 0 heterocycles. The van der Waals surface area contributed by atoms with Gasteiger partial charge in [-0.2, -0.15) is 0 Å². The third kappa shape index (κ3) is 12.0. The number of hydrogen-bond donors (Lipinski definition) is 0. The van der Waals surface area contributed by atoms with E-state index in [1.807, 2.05) is 36.4 Å². The first kappa shape index (κ1) is 34.6. The van der Waals surface area contributed by atoms with Crippen molar-refractivity contribution >= 4 is 11.9 Å². The van der Waals surface area contributed by atoms with Crippen LogP contribution in [0.1, 0.15) is 69.4 Å². The number of esters is 2. The van der Waals surface area contributed by atoms with Crippen LogP contribution in [-0.2, 0) is 27.1 Å². The third-order valence-electron chi connectivity index (χ3n) is 7.20. The number of carbonyl (C=O) groups excluding carboxylic acids is 2. The van der Waals surface area contributed by atoms with Gasteiger partial charge in [0.15, 0.2) is 0 Å². The van der Waals surface area contributed by atoms with E-state index in [9.17, 15) is 9.59 Å². The molecular weight excluding hydrogens is 556 g/mol. The molecule has 0 fully saturated rings. The minimum atomic E-state index is -0.434. The summed E-state index contributed by atoms with van der Waals surface area (Å²) >= 11 is 0. The van der Waals surface area contributed by atoms with Crippen LogP contribution >= 0.6 is 0 Å². The van der Waals surface area contributed by atoms with E-state index in [0.717, 1.165) is 30.6 Å². The van der Waals surface area contributed by atoms with Crippen molar-refractivity contribution in [2.24, 2.45) is 16.7 Å². The maximum Gasteiger partial charge on any atom is 0.343 e. The van der Waals surface area contributed by atoms with E-state index in [2.05, 4.69) is 53.7 Å². The Balaban J connectivity index is 1.33. The van der Waals surface area contributed by atoms with E-state index in [0.29, 0.717) is 36.9 Å². The van der Waals surface area contributed by atoms with Crippen molar-refractivity contribution in [2.75, 3.05) is 33.5 Å². The molecule has 1 unspecified atom stereocenters. The summed E-state index contributed by atoms with van der Waals surface area (Å²) in [6.45, 7) is 13.8. The van der Waals surface area contributed by atoms with Gasteiger partial charge in [-0.1, -0.05) is 65.8 Å². The first-order chi connectivity index (χ1) is 20.8. The number of ether oxygens (including phenoxy) is 5. The normalized spacial score (nSPS) is 12.3. The minimum Gasteiger partial charge on any atom is -0.497 e. The number of benzene rings is 3. The SMILES string of the molecule is COc1ccc(CCc2ccc(OC(=O)c3ccc(OCCOCCOC(=O)C(CC(C)(C)C)C(C)(C)C)cc3)cc2)cc1. The largest absolute Gasteiger partial charge is 0.497 e. The topological polar surface area (TPSA) is 80.3 Å². The molecule has 0 bridgehead atoms. The van der Waals surface area contributed by atoms with Gasteiger partial charge in [0.1, 0.15) is 30.5 Å². The van der Waals surface area contributed by atoms with Gasteiger partial charge in [-0.05, 0) is 89.8 Å². The lowest BCUT2D eigenvalue weighted by atomic mass is 9.72. The summed E-state index contributed by atoms with van der Waals surface area (Å²) in [5.41, 5.74) is 2.70. The fourth-order valence-corrected chi connectivity index (χ4v) is 4.64. The molecule has 238 valence electrons. The first-order valence-corrected chi connectivity index (χ1v) is 15.3. The number of hydrogen-bond acceptors (Lipinski definition) is 7. The summed E-state index contributed by atoms with van der Waals surface area (Å²) in [5.74, 6) is 1.18. The second-order valence-corrected chi connectivity index (χ2v) is 13.2. The van der Waals surface area contributed by atoms with E-state index in [1.165, 1.54) is 5.56 Å². The van der Waals surface area contributed by atoms with E-state index in [1.54, 1.807) is 31.4 Å². The zero-order chi connectivity index (χ0) is 32.2. The van der Waals surface area contributed by atoms with Crippen LogP contribution in [0.5, 0.6) is 17.2 Å². The van der Waals surface area contributed by atoms with Crippen LogP contribution in [0.4, 0.5) is 0 Å². The van der Waals surface area contributed by atoms with Crippen LogP contribution in [0, 0.1) is 16.7 Å². The van der Waals surface area contributed by atoms with Gasteiger partial charge in [0, 0.05) is 0 Å². The lowest BCUT2D eigenvalue weighted by Gasteiger charge is -2.33. The second kappa shape index (κ2) is 16.3. The molecule has 0 aliphatic rings. The summed E-state index contributed by atoms with van der Waals surface area (Å²) in [7, 11) is 1.66. The zero-order valence-electron chi connectivity index (χ0n) is 27.3. The van der Waals surface area contributed by atoms with Crippen LogP contribution in [0.25, 0.3) is 0 Å². The number of aryl methyl sites for hydroxylation is 2. The summed E-state index contributed by atoms with van der Waals surface area (Å²) < 4.78 is 27.5. The number of methoxy groups -OCH3 is 1. The van der Waals surface area contributed by atoms with Crippen molar-refractivity contribution < 1.29 is 33.3 Å². The molecule has 0 aliphatic heterocycles. The lowest BCUT2D eigenvalue weighted by molar-refractivity contribution is -0.155. The monoisotopic (exact) mass is 604 g/mol. The van der Waals surface area contributed by atoms with Crippen LogP contribution in [0.2, 0.25) is 0 Å². The van der Waals surface area contributed by atoms with Crippen molar-refractivity contribution in [3.05, 3.63) is 89.5 Å². The molecule has 44 heavy (non-hydrogen) atoms. The van der Waals surface area contributed by atoms with Gasteiger partial charge in [0.05, 0.1) is 31.8 Å². The second-order valence-electron chi connectivity index (χ2n) is 13.2. The summed E-state index contributed by atoms with van der Waals surface area (Å²) in [5, 5.41) is 0. The summed E-state index contributed by atoms with van der Waals surface area (Å²) in [4.78, 5) is 25.3. The molecule has 0 aromatic heterocycles. The van der Waals surface area contributed by atoms with Crippen molar-refractivity contribution in [1.29, 1.82) is 0 Å². The van der Waals surface area contributed by atoms with E-state index >= 15 is 0 Å².